The standard InChI is InChI=1S/C17H14ClF3N4O/c18-11-8-24-15-10(3-4-22-15)14(11)9-6-12(23-7-9)16(26)25-5-1-2-13(25)17(19,20)21/h3-4,6-8,13,23H,1-2,5H2,(H,22,24). The van der Waals surface area contributed by atoms with Crippen molar-refractivity contribution in [3.63, 3.8) is 0 Å². The van der Waals surface area contributed by atoms with Crippen molar-refractivity contribution in [3.8, 4) is 11.1 Å². The lowest BCUT2D eigenvalue weighted by Gasteiger charge is -2.26. The predicted molar refractivity (Wildman–Crippen MR) is 91.0 cm³/mol. The quantitative estimate of drug-likeness (QED) is 0.691. The molecule has 4 heterocycles. The van der Waals surface area contributed by atoms with Crippen molar-refractivity contribution in [1.82, 2.24) is 19.9 Å². The number of fused-ring (bicyclic) bond motifs is 1. The average Bonchev–Trinajstić information content (AvgIpc) is 3.32. The summed E-state index contributed by atoms with van der Waals surface area (Å²) in [4.78, 5) is 23.4. The van der Waals surface area contributed by atoms with E-state index in [-0.39, 0.29) is 18.7 Å². The molecule has 0 spiro atoms. The zero-order valence-electron chi connectivity index (χ0n) is 13.4. The Morgan fingerprint density at radius 1 is 1.35 bits per heavy atom. The Labute approximate surface area is 151 Å². The molecule has 3 aromatic rings. The van der Waals surface area contributed by atoms with E-state index < -0.39 is 18.1 Å². The first kappa shape index (κ1) is 17.0. The molecule has 4 rings (SSSR count). The Kier molecular flexibility index (Phi) is 3.95. The molecule has 0 aromatic carbocycles. The maximum atomic E-state index is 13.1. The molecule has 9 heteroatoms. The second-order valence-corrected chi connectivity index (χ2v) is 6.63. The summed E-state index contributed by atoms with van der Waals surface area (Å²) in [6.45, 7) is 0.0927. The molecule has 0 radical (unpaired) electrons. The fourth-order valence-electron chi connectivity index (χ4n) is 3.44. The van der Waals surface area contributed by atoms with Crippen LogP contribution in [0.5, 0.6) is 0 Å². The van der Waals surface area contributed by atoms with Crippen LogP contribution in [0.2, 0.25) is 5.02 Å². The number of aromatic amines is 2. The highest BCUT2D eigenvalue weighted by atomic mass is 35.5. The number of alkyl halides is 3. The van der Waals surface area contributed by atoms with Gasteiger partial charge in [-0.15, -0.1) is 0 Å². The van der Waals surface area contributed by atoms with E-state index in [0.717, 1.165) is 10.3 Å². The molecule has 0 aliphatic carbocycles. The van der Waals surface area contributed by atoms with Gasteiger partial charge in [0.25, 0.3) is 5.91 Å². The maximum absolute atomic E-state index is 13.1. The maximum Gasteiger partial charge on any atom is 0.408 e. The summed E-state index contributed by atoms with van der Waals surface area (Å²) >= 11 is 6.26. The van der Waals surface area contributed by atoms with E-state index in [4.69, 9.17) is 11.6 Å². The van der Waals surface area contributed by atoms with Crippen molar-refractivity contribution >= 4 is 28.5 Å². The number of rotatable bonds is 2. The van der Waals surface area contributed by atoms with Crippen LogP contribution in [0.3, 0.4) is 0 Å². The lowest BCUT2D eigenvalue weighted by Crippen LogP contribution is -2.44. The molecule has 1 aliphatic heterocycles. The number of H-pyrrole nitrogens is 2. The van der Waals surface area contributed by atoms with Gasteiger partial charge in [0.15, 0.2) is 0 Å². The van der Waals surface area contributed by atoms with Crippen LogP contribution in [0.25, 0.3) is 22.2 Å². The summed E-state index contributed by atoms with van der Waals surface area (Å²) in [5.41, 5.74) is 2.03. The van der Waals surface area contributed by atoms with Crippen LogP contribution in [0, 0.1) is 0 Å². The van der Waals surface area contributed by atoms with Gasteiger partial charge in [-0.3, -0.25) is 4.79 Å². The van der Waals surface area contributed by atoms with Crippen LogP contribution in [0.15, 0.2) is 30.7 Å². The van der Waals surface area contributed by atoms with Gasteiger partial charge in [0, 0.05) is 41.6 Å². The fourth-order valence-corrected chi connectivity index (χ4v) is 3.70. The molecule has 5 nitrogen and oxygen atoms in total. The van der Waals surface area contributed by atoms with Gasteiger partial charge in [-0.05, 0) is 25.0 Å². The molecule has 0 saturated carbocycles. The largest absolute Gasteiger partial charge is 0.408 e. The first-order valence-electron chi connectivity index (χ1n) is 8.04. The monoisotopic (exact) mass is 382 g/mol. The van der Waals surface area contributed by atoms with Crippen LogP contribution in [-0.4, -0.2) is 44.5 Å². The van der Waals surface area contributed by atoms with Crippen LogP contribution in [0.4, 0.5) is 13.2 Å². The number of likely N-dealkylation sites (tertiary alicyclic amines) is 1. The summed E-state index contributed by atoms with van der Waals surface area (Å²) in [5.74, 6) is -0.661. The van der Waals surface area contributed by atoms with Gasteiger partial charge in [-0.2, -0.15) is 13.2 Å². The van der Waals surface area contributed by atoms with Gasteiger partial charge >= 0.3 is 6.18 Å². The van der Waals surface area contributed by atoms with Crippen molar-refractivity contribution in [2.75, 3.05) is 6.54 Å². The number of pyridine rings is 1. The van der Waals surface area contributed by atoms with Crippen molar-refractivity contribution in [1.29, 1.82) is 0 Å². The predicted octanol–water partition coefficient (Wildman–Crippen LogP) is 4.38. The molecule has 1 amide bonds. The van der Waals surface area contributed by atoms with Crippen LogP contribution in [0.1, 0.15) is 23.3 Å². The topological polar surface area (TPSA) is 64.8 Å². The minimum atomic E-state index is -4.42. The lowest BCUT2D eigenvalue weighted by molar-refractivity contribution is -0.169. The van der Waals surface area contributed by atoms with Gasteiger partial charge in [-0.1, -0.05) is 11.6 Å². The number of nitrogens with one attached hydrogen (secondary N) is 2. The number of carbonyl (C=O) groups is 1. The first-order valence-corrected chi connectivity index (χ1v) is 8.42. The number of hydrogen-bond acceptors (Lipinski definition) is 2. The molecule has 26 heavy (non-hydrogen) atoms. The summed E-state index contributed by atoms with van der Waals surface area (Å²) in [6, 6.07) is 1.60. The smallest absolute Gasteiger partial charge is 0.357 e. The highest BCUT2D eigenvalue weighted by molar-refractivity contribution is 6.34. The molecule has 3 aromatic heterocycles. The highest BCUT2D eigenvalue weighted by Gasteiger charge is 2.48. The zero-order chi connectivity index (χ0) is 18.5. The minimum absolute atomic E-state index is 0.0665. The Morgan fingerprint density at radius 3 is 2.92 bits per heavy atom. The van der Waals surface area contributed by atoms with Gasteiger partial charge in [0.05, 0.1) is 5.02 Å². The van der Waals surface area contributed by atoms with Gasteiger partial charge < -0.3 is 14.9 Å². The second kappa shape index (κ2) is 6.05. The second-order valence-electron chi connectivity index (χ2n) is 6.22. The third-order valence-electron chi connectivity index (χ3n) is 4.63. The normalized spacial score (nSPS) is 18.0. The number of nitrogens with zero attached hydrogens (tertiary/aromatic N) is 2. The van der Waals surface area contributed by atoms with Crippen LogP contribution < -0.4 is 0 Å². The number of carbonyl (C=O) groups excluding carboxylic acids is 1. The first-order chi connectivity index (χ1) is 12.4. The van der Waals surface area contributed by atoms with E-state index in [0.29, 0.717) is 28.2 Å². The van der Waals surface area contributed by atoms with Crippen molar-refractivity contribution in [3.05, 3.63) is 41.4 Å². The summed E-state index contributed by atoms with van der Waals surface area (Å²) in [6.07, 6.45) is 0.623. The Balaban J connectivity index is 1.69. The third kappa shape index (κ3) is 2.74. The molecule has 0 bridgehead atoms. The summed E-state index contributed by atoms with van der Waals surface area (Å²) in [7, 11) is 0. The molecular formula is C17H14ClF3N4O. The van der Waals surface area contributed by atoms with E-state index in [1.165, 1.54) is 12.3 Å². The fraction of sp³-hybridized carbons (Fsp3) is 0.294. The number of hydrogen-bond donors (Lipinski definition) is 2. The molecule has 1 saturated heterocycles. The van der Waals surface area contributed by atoms with E-state index >= 15 is 0 Å². The Hall–Kier alpha value is -2.48. The van der Waals surface area contributed by atoms with Gasteiger partial charge in [0.2, 0.25) is 0 Å². The number of aromatic nitrogens is 3. The molecule has 1 atom stereocenters. The van der Waals surface area contributed by atoms with Gasteiger partial charge in [0.1, 0.15) is 17.4 Å². The molecule has 1 aliphatic rings. The molecule has 1 unspecified atom stereocenters. The summed E-state index contributed by atoms with van der Waals surface area (Å²) in [5, 5.41) is 1.16. The van der Waals surface area contributed by atoms with Crippen molar-refractivity contribution in [2.24, 2.45) is 0 Å². The summed E-state index contributed by atoms with van der Waals surface area (Å²) < 4.78 is 39.4. The highest BCUT2D eigenvalue weighted by Crippen LogP contribution is 2.36. The Morgan fingerprint density at radius 2 is 2.15 bits per heavy atom. The number of halogens is 4. The number of amides is 1. The molecular weight excluding hydrogens is 369 g/mol. The lowest BCUT2D eigenvalue weighted by atomic mass is 10.1. The van der Waals surface area contributed by atoms with Gasteiger partial charge in [-0.25, -0.2) is 4.98 Å². The average molecular weight is 383 g/mol. The minimum Gasteiger partial charge on any atom is -0.357 e. The third-order valence-corrected chi connectivity index (χ3v) is 4.92. The van der Waals surface area contributed by atoms with Crippen LogP contribution >= 0.6 is 11.6 Å². The molecule has 136 valence electrons. The van der Waals surface area contributed by atoms with E-state index in [1.54, 1.807) is 18.5 Å². The van der Waals surface area contributed by atoms with E-state index in [1.807, 2.05) is 0 Å². The van der Waals surface area contributed by atoms with E-state index in [2.05, 4.69) is 15.0 Å². The Bertz CT molecular complexity index is 978. The van der Waals surface area contributed by atoms with Crippen molar-refractivity contribution < 1.29 is 18.0 Å². The molecule has 2 N–H and O–H groups in total. The van der Waals surface area contributed by atoms with E-state index in [9.17, 15) is 18.0 Å². The molecule has 1 fully saturated rings. The van der Waals surface area contributed by atoms with Crippen molar-refractivity contribution in [2.45, 2.75) is 25.1 Å². The van der Waals surface area contributed by atoms with Crippen LogP contribution in [-0.2, 0) is 0 Å². The SMILES string of the molecule is O=C(c1cc(-c2c(Cl)cnc3[nH]ccc23)c[nH]1)N1CCCC1C(F)(F)F. The zero-order valence-corrected chi connectivity index (χ0v) is 14.2.